The highest BCUT2D eigenvalue weighted by Gasteiger charge is 2.06. The number of nitrogens with one attached hydrogen (secondary N) is 1. The Balaban J connectivity index is 2.43. The third kappa shape index (κ3) is 2.60. The zero-order chi connectivity index (χ0) is 12.3. The van der Waals surface area contributed by atoms with Crippen LogP contribution in [-0.4, -0.2) is 17.1 Å². The van der Waals surface area contributed by atoms with Crippen molar-refractivity contribution >= 4 is 0 Å². The van der Waals surface area contributed by atoms with Crippen molar-refractivity contribution in [3.8, 4) is 11.3 Å². The van der Waals surface area contributed by atoms with E-state index in [2.05, 4.69) is 9.97 Å². The van der Waals surface area contributed by atoms with Gasteiger partial charge in [-0.3, -0.25) is 4.79 Å². The van der Waals surface area contributed by atoms with Crippen LogP contribution in [-0.2, 0) is 4.74 Å². The van der Waals surface area contributed by atoms with Crippen molar-refractivity contribution in [1.29, 1.82) is 0 Å². The first-order valence-corrected chi connectivity index (χ1v) is 5.38. The van der Waals surface area contributed by atoms with Gasteiger partial charge in [0.25, 0.3) is 5.56 Å². The van der Waals surface area contributed by atoms with E-state index in [1.807, 2.05) is 31.2 Å². The Morgan fingerprint density at radius 3 is 2.88 bits per heavy atom. The maximum Gasteiger partial charge on any atom is 0.251 e. The summed E-state index contributed by atoms with van der Waals surface area (Å²) >= 11 is 0. The molecule has 0 radical (unpaired) electrons. The molecule has 0 saturated carbocycles. The molecule has 2 aromatic rings. The molecular formula is C13H14N2O2. The van der Waals surface area contributed by atoms with Crippen LogP contribution in [0.1, 0.15) is 18.6 Å². The van der Waals surface area contributed by atoms with Gasteiger partial charge in [-0.25, -0.2) is 4.98 Å². The lowest BCUT2D eigenvalue weighted by Gasteiger charge is -2.10. The second kappa shape index (κ2) is 4.93. The fraction of sp³-hybridized carbons (Fsp3) is 0.231. The smallest absolute Gasteiger partial charge is 0.251 e. The summed E-state index contributed by atoms with van der Waals surface area (Å²) in [6, 6.07) is 9.31. The van der Waals surface area contributed by atoms with E-state index in [-0.39, 0.29) is 11.7 Å². The molecule has 1 aromatic heterocycles. The van der Waals surface area contributed by atoms with Crippen LogP contribution in [0.3, 0.4) is 0 Å². The van der Waals surface area contributed by atoms with Crippen LogP contribution in [0, 0.1) is 0 Å². The van der Waals surface area contributed by atoms with Crippen LogP contribution in [0.5, 0.6) is 0 Å². The van der Waals surface area contributed by atoms with Crippen LogP contribution in [0.2, 0.25) is 0 Å². The molecule has 0 amide bonds. The van der Waals surface area contributed by atoms with Crippen molar-refractivity contribution < 1.29 is 4.74 Å². The Hall–Kier alpha value is -1.94. The summed E-state index contributed by atoms with van der Waals surface area (Å²) in [5.74, 6) is 0. The average Bonchev–Trinajstić information content (AvgIpc) is 2.38. The highest BCUT2D eigenvalue weighted by Crippen LogP contribution is 2.22. The number of hydrogen-bond donors (Lipinski definition) is 1. The summed E-state index contributed by atoms with van der Waals surface area (Å²) in [5.41, 5.74) is 2.49. The lowest BCUT2D eigenvalue weighted by atomic mass is 10.0. The summed E-state index contributed by atoms with van der Waals surface area (Å²) in [6.45, 7) is 1.98. The third-order valence-electron chi connectivity index (χ3n) is 2.68. The largest absolute Gasteiger partial charge is 0.377 e. The van der Waals surface area contributed by atoms with Crippen molar-refractivity contribution in [3.05, 3.63) is 52.6 Å². The van der Waals surface area contributed by atoms with Gasteiger partial charge in [-0.2, -0.15) is 0 Å². The maximum atomic E-state index is 11.2. The predicted octanol–water partition coefficient (Wildman–Crippen LogP) is 2.14. The molecule has 88 valence electrons. The van der Waals surface area contributed by atoms with Crippen LogP contribution in [0.4, 0.5) is 0 Å². The molecule has 4 nitrogen and oxygen atoms in total. The lowest BCUT2D eigenvalue weighted by Crippen LogP contribution is -2.04. The van der Waals surface area contributed by atoms with Crippen molar-refractivity contribution in [2.45, 2.75) is 13.0 Å². The van der Waals surface area contributed by atoms with Crippen LogP contribution < -0.4 is 5.56 Å². The van der Waals surface area contributed by atoms with Gasteiger partial charge in [-0.1, -0.05) is 18.2 Å². The van der Waals surface area contributed by atoms with E-state index in [4.69, 9.17) is 4.74 Å². The molecule has 0 aliphatic rings. The van der Waals surface area contributed by atoms with Gasteiger partial charge >= 0.3 is 0 Å². The number of rotatable bonds is 3. The number of hydrogen-bond acceptors (Lipinski definition) is 3. The molecule has 0 fully saturated rings. The van der Waals surface area contributed by atoms with Gasteiger partial charge in [0, 0.05) is 18.7 Å². The summed E-state index contributed by atoms with van der Waals surface area (Å²) in [4.78, 5) is 17.9. The second-order valence-corrected chi connectivity index (χ2v) is 3.80. The highest BCUT2D eigenvalue weighted by molar-refractivity contribution is 5.59. The molecule has 2 rings (SSSR count). The Labute approximate surface area is 99.3 Å². The van der Waals surface area contributed by atoms with E-state index >= 15 is 0 Å². The molecule has 1 aromatic carbocycles. The van der Waals surface area contributed by atoms with Gasteiger partial charge < -0.3 is 9.72 Å². The van der Waals surface area contributed by atoms with Crippen molar-refractivity contribution in [2.24, 2.45) is 0 Å². The normalized spacial score (nSPS) is 12.4. The van der Waals surface area contributed by atoms with E-state index in [1.54, 1.807) is 7.11 Å². The van der Waals surface area contributed by atoms with E-state index in [0.29, 0.717) is 5.69 Å². The number of aromatic nitrogens is 2. The molecule has 1 heterocycles. The number of nitrogens with zero attached hydrogens (tertiary/aromatic N) is 1. The first kappa shape index (κ1) is 11.5. The molecule has 1 N–H and O–H groups in total. The summed E-state index contributed by atoms with van der Waals surface area (Å²) < 4.78 is 5.26. The van der Waals surface area contributed by atoms with E-state index < -0.39 is 0 Å². The Kier molecular flexibility index (Phi) is 3.35. The van der Waals surface area contributed by atoms with Crippen molar-refractivity contribution in [1.82, 2.24) is 9.97 Å². The molecule has 1 atom stereocenters. The van der Waals surface area contributed by atoms with Gasteiger partial charge in [0.05, 0.1) is 18.1 Å². The average molecular weight is 230 g/mol. The summed E-state index contributed by atoms with van der Waals surface area (Å²) in [7, 11) is 1.67. The fourth-order valence-corrected chi connectivity index (χ4v) is 1.61. The first-order chi connectivity index (χ1) is 8.20. The van der Waals surface area contributed by atoms with Gasteiger partial charge in [0.15, 0.2) is 0 Å². The van der Waals surface area contributed by atoms with Crippen molar-refractivity contribution in [3.63, 3.8) is 0 Å². The fourth-order valence-electron chi connectivity index (χ4n) is 1.61. The molecule has 0 unspecified atom stereocenters. The predicted molar refractivity (Wildman–Crippen MR) is 65.7 cm³/mol. The zero-order valence-corrected chi connectivity index (χ0v) is 9.81. The summed E-state index contributed by atoms with van der Waals surface area (Å²) in [5, 5.41) is 0. The Morgan fingerprint density at radius 2 is 2.18 bits per heavy atom. The Morgan fingerprint density at radius 1 is 1.35 bits per heavy atom. The molecule has 0 bridgehead atoms. The zero-order valence-electron chi connectivity index (χ0n) is 9.81. The topological polar surface area (TPSA) is 55.0 Å². The van der Waals surface area contributed by atoms with Gasteiger partial charge in [-0.15, -0.1) is 0 Å². The lowest BCUT2D eigenvalue weighted by molar-refractivity contribution is 0.119. The van der Waals surface area contributed by atoms with Crippen LogP contribution in [0.25, 0.3) is 11.3 Å². The maximum absolute atomic E-state index is 11.2. The van der Waals surface area contributed by atoms with E-state index in [1.165, 1.54) is 12.4 Å². The van der Waals surface area contributed by atoms with Crippen LogP contribution >= 0.6 is 0 Å². The SMILES string of the molecule is CO[C@H](C)c1cccc(-c2cc(=O)[nH]cn2)c1. The highest BCUT2D eigenvalue weighted by atomic mass is 16.5. The molecule has 17 heavy (non-hydrogen) atoms. The second-order valence-electron chi connectivity index (χ2n) is 3.80. The monoisotopic (exact) mass is 230 g/mol. The van der Waals surface area contributed by atoms with E-state index in [9.17, 15) is 4.79 Å². The molecular weight excluding hydrogens is 216 g/mol. The molecule has 0 aliphatic carbocycles. The molecule has 0 spiro atoms. The minimum Gasteiger partial charge on any atom is -0.377 e. The number of benzene rings is 1. The van der Waals surface area contributed by atoms with Gasteiger partial charge in [0.1, 0.15) is 0 Å². The molecule has 4 heteroatoms. The minimum atomic E-state index is -0.153. The van der Waals surface area contributed by atoms with E-state index in [0.717, 1.165) is 11.1 Å². The summed E-state index contributed by atoms with van der Waals surface area (Å²) in [6.07, 6.45) is 1.43. The van der Waals surface area contributed by atoms with Gasteiger partial charge in [-0.05, 0) is 18.6 Å². The minimum absolute atomic E-state index is 0.0250. The number of methoxy groups -OCH3 is 1. The third-order valence-corrected chi connectivity index (χ3v) is 2.68. The molecule has 0 aliphatic heterocycles. The van der Waals surface area contributed by atoms with Gasteiger partial charge in [0.2, 0.25) is 0 Å². The standard InChI is InChI=1S/C13H14N2O2/c1-9(17-2)10-4-3-5-11(6-10)12-7-13(16)15-8-14-12/h3-9H,1-2H3,(H,14,15,16)/t9-/m1/s1. The molecule has 0 saturated heterocycles. The number of ether oxygens (including phenoxy) is 1. The van der Waals surface area contributed by atoms with Crippen LogP contribution in [0.15, 0.2) is 41.5 Å². The number of aromatic amines is 1. The number of H-pyrrole nitrogens is 1. The van der Waals surface area contributed by atoms with Crippen molar-refractivity contribution in [2.75, 3.05) is 7.11 Å². The first-order valence-electron chi connectivity index (χ1n) is 5.38. The quantitative estimate of drug-likeness (QED) is 0.878. The Bertz CT molecular complexity index is 563.